The predicted octanol–water partition coefficient (Wildman–Crippen LogP) is 4.78. The summed E-state index contributed by atoms with van der Waals surface area (Å²) < 4.78 is 41.7. The molecule has 2 amide bonds. The molecule has 2 aliphatic heterocycles. The van der Waals surface area contributed by atoms with Gasteiger partial charge in [-0.05, 0) is 30.2 Å². The molecule has 0 N–H and O–H groups in total. The Morgan fingerprint density at radius 2 is 1.78 bits per heavy atom. The smallest absolute Gasteiger partial charge is 0.347 e. The molecule has 2 aliphatic rings. The number of hydrogen-bond acceptors (Lipinski definition) is 4. The fourth-order valence-corrected chi connectivity index (χ4v) is 4.26. The first-order valence-electron chi connectivity index (χ1n) is 10.3. The van der Waals surface area contributed by atoms with E-state index in [1.807, 2.05) is 49.9 Å². The molecule has 32 heavy (non-hydrogen) atoms. The first-order valence-corrected chi connectivity index (χ1v) is 10.3. The van der Waals surface area contributed by atoms with E-state index >= 15 is 0 Å². The molecule has 0 aliphatic carbocycles. The van der Waals surface area contributed by atoms with Crippen LogP contribution in [0.1, 0.15) is 39.2 Å². The number of unbranched alkanes of at least 4 members (excludes halogenated alkanes) is 1. The Morgan fingerprint density at radius 1 is 1.12 bits per heavy atom. The molecule has 1 aromatic rings. The van der Waals surface area contributed by atoms with Crippen molar-refractivity contribution in [1.29, 1.82) is 5.26 Å². The monoisotopic (exact) mass is 443 g/mol. The number of allylic oxidation sites excluding steroid dienone is 3. The topological polar surface area (TPSA) is 64.4 Å². The Balaban J connectivity index is 2.19. The van der Waals surface area contributed by atoms with Gasteiger partial charge in [-0.25, -0.2) is 0 Å². The number of para-hydroxylation sites is 1. The summed E-state index contributed by atoms with van der Waals surface area (Å²) in [7, 11) is 1.80. The highest BCUT2D eigenvalue weighted by atomic mass is 19.4. The Hall–Kier alpha value is -3.34. The van der Waals surface area contributed by atoms with Gasteiger partial charge in [0.15, 0.2) is 0 Å². The molecule has 0 saturated carbocycles. The molecule has 8 heteroatoms. The van der Waals surface area contributed by atoms with Crippen molar-refractivity contribution in [3.63, 3.8) is 0 Å². The van der Waals surface area contributed by atoms with Crippen molar-refractivity contribution in [2.24, 2.45) is 0 Å². The molecule has 168 valence electrons. The van der Waals surface area contributed by atoms with Gasteiger partial charge in [0.2, 0.25) is 0 Å². The van der Waals surface area contributed by atoms with Crippen LogP contribution in [0.5, 0.6) is 0 Å². The summed E-state index contributed by atoms with van der Waals surface area (Å²) >= 11 is 0. The molecule has 0 unspecified atom stereocenters. The van der Waals surface area contributed by atoms with E-state index in [1.54, 1.807) is 7.05 Å². The van der Waals surface area contributed by atoms with Gasteiger partial charge in [-0.1, -0.05) is 45.4 Å². The van der Waals surface area contributed by atoms with Crippen LogP contribution >= 0.6 is 0 Å². The number of nitriles is 1. The van der Waals surface area contributed by atoms with Crippen LogP contribution in [0.4, 0.5) is 18.9 Å². The van der Waals surface area contributed by atoms with Gasteiger partial charge in [-0.2, -0.15) is 18.4 Å². The third-order valence-electron chi connectivity index (χ3n) is 5.93. The average molecular weight is 443 g/mol. The second-order valence-electron chi connectivity index (χ2n) is 8.31. The number of amides is 2. The molecular formula is C24H24F3N3O2. The summed E-state index contributed by atoms with van der Waals surface area (Å²) in [6, 6.07) is 9.01. The van der Waals surface area contributed by atoms with Crippen LogP contribution in [0.2, 0.25) is 0 Å². The molecule has 0 aromatic heterocycles. The lowest BCUT2D eigenvalue weighted by molar-refractivity contribution is -0.143. The maximum absolute atomic E-state index is 13.9. The second kappa shape index (κ2) is 8.30. The van der Waals surface area contributed by atoms with Gasteiger partial charge >= 0.3 is 6.18 Å². The number of anilines is 1. The Labute approximate surface area is 185 Å². The highest BCUT2D eigenvalue weighted by molar-refractivity contribution is 6.18. The van der Waals surface area contributed by atoms with E-state index in [0.717, 1.165) is 22.2 Å². The Bertz CT molecular complexity index is 1100. The maximum Gasteiger partial charge on any atom is 0.418 e. The molecule has 1 aromatic carbocycles. The molecule has 0 bridgehead atoms. The second-order valence-corrected chi connectivity index (χ2v) is 8.31. The summed E-state index contributed by atoms with van der Waals surface area (Å²) in [5.74, 6) is -2.24. The number of halogens is 3. The van der Waals surface area contributed by atoms with E-state index in [1.165, 1.54) is 12.1 Å². The van der Waals surface area contributed by atoms with E-state index in [2.05, 4.69) is 0 Å². The Kier molecular flexibility index (Phi) is 6.05. The normalized spacial score (nSPS) is 20.9. The molecule has 3 rings (SSSR count). The van der Waals surface area contributed by atoms with Crippen molar-refractivity contribution in [3.05, 3.63) is 64.4 Å². The third kappa shape index (κ3) is 3.72. The van der Waals surface area contributed by atoms with Crippen LogP contribution < -0.4 is 4.90 Å². The number of imide groups is 1. The van der Waals surface area contributed by atoms with E-state index < -0.39 is 40.1 Å². The van der Waals surface area contributed by atoms with Gasteiger partial charge < -0.3 is 4.90 Å². The maximum atomic E-state index is 13.9. The van der Waals surface area contributed by atoms with Crippen molar-refractivity contribution < 1.29 is 22.8 Å². The van der Waals surface area contributed by atoms with Gasteiger partial charge in [0.05, 0.1) is 11.1 Å². The van der Waals surface area contributed by atoms with Gasteiger partial charge in [-0.3, -0.25) is 14.5 Å². The number of carbonyl (C=O) groups excluding carboxylic acids is 2. The minimum absolute atomic E-state index is 0.0464. The zero-order valence-corrected chi connectivity index (χ0v) is 18.4. The summed E-state index contributed by atoms with van der Waals surface area (Å²) in [4.78, 5) is 28.1. The van der Waals surface area contributed by atoms with E-state index in [4.69, 9.17) is 0 Å². The number of hydrogen-bond donors (Lipinski definition) is 0. The van der Waals surface area contributed by atoms with Gasteiger partial charge in [0.1, 0.15) is 11.6 Å². The Morgan fingerprint density at radius 3 is 2.34 bits per heavy atom. The fraction of sp³-hybridized carbons (Fsp3) is 0.375. The van der Waals surface area contributed by atoms with E-state index in [-0.39, 0.29) is 6.54 Å². The van der Waals surface area contributed by atoms with Crippen LogP contribution in [-0.2, 0) is 15.0 Å². The first-order chi connectivity index (χ1) is 15.0. The van der Waals surface area contributed by atoms with E-state index in [0.29, 0.717) is 18.5 Å². The highest BCUT2D eigenvalue weighted by Gasteiger charge is 2.48. The van der Waals surface area contributed by atoms with Crippen molar-refractivity contribution in [2.75, 3.05) is 18.5 Å². The van der Waals surface area contributed by atoms with Crippen LogP contribution in [0.15, 0.2) is 58.8 Å². The lowest BCUT2D eigenvalue weighted by Crippen LogP contribution is -2.45. The summed E-state index contributed by atoms with van der Waals surface area (Å²) in [5, 5.41) is 9.35. The molecule has 0 radical (unpaired) electrons. The number of benzene rings is 1. The molecule has 0 atom stereocenters. The summed E-state index contributed by atoms with van der Waals surface area (Å²) in [5.41, 5.74) is -1.13. The van der Waals surface area contributed by atoms with Gasteiger partial charge in [0.25, 0.3) is 11.8 Å². The SMILES string of the molecule is CCCCN1C(=O)C(C#N)=C(C(F)(F)F)/C(=C/C=C2/N(C)c3ccccc3C2(C)C)C1=O. The zero-order chi connectivity index (χ0) is 23.8. The van der Waals surface area contributed by atoms with Gasteiger partial charge in [-0.15, -0.1) is 0 Å². The molecule has 0 fully saturated rings. The van der Waals surface area contributed by atoms with Crippen LogP contribution in [0.25, 0.3) is 0 Å². The number of fused-ring (bicyclic) bond motifs is 1. The van der Waals surface area contributed by atoms with Crippen molar-refractivity contribution in [1.82, 2.24) is 4.90 Å². The van der Waals surface area contributed by atoms with Crippen LogP contribution in [0.3, 0.4) is 0 Å². The zero-order valence-electron chi connectivity index (χ0n) is 18.4. The largest absolute Gasteiger partial charge is 0.418 e. The van der Waals surface area contributed by atoms with Gasteiger partial charge in [0, 0.05) is 30.4 Å². The minimum atomic E-state index is -5.03. The fourth-order valence-electron chi connectivity index (χ4n) is 4.26. The molecule has 0 saturated heterocycles. The lowest BCUT2D eigenvalue weighted by Gasteiger charge is -2.29. The predicted molar refractivity (Wildman–Crippen MR) is 114 cm³/mol. The number of nitrogens with zero attached hydrogens (tertiary/aromatic N) is 3. The summed E-state index contributed by atoms with van der Waals surface area (Å²) in [6.07, 6.45) is -1.40. The molecule has 2 heterocycles. The number of likely N-dealkylation sites (N-methyl/N-ethyl adjacent to an activating group) is 1. The first kappa shape index (κ1) is 23.3. The van der Waals surface area contributed by atoms with E-state index in [9.17, 15) is 28.0 Å². The number of carbonyl (C=O) groups is 2. The lowest BCUT2D eigenvalue weighted by atomic mass is 9.83. The average Bonchev–Trinajstić information content (AvgIpc) is 2.92. The van der Waals surface area contributed by atoms with Crippen molar-refractivity contribution in [3.8, 4) is 6.07 Å². The number of alkyl halides is 3. The van der Waals surface area contributed by atoms with Crippen molar-refractivity contribution in [2.45, 2.75) is 45.2 Å². The highest BCUT2D eigenvalue weighted by Crippen LogP contribution is 2.47. The van der Waals surface area contributed by atoms with Crippen LogP contribution in [0, 0.1) is 11.3 Å². The number of rotatable bonds is 4. The molecular weight excluding hydrogens is 419 g/mol. The van der Waals surface area contributed by atoms with Crippen molar-refractivity contribution >= 4 is 17.5 Å². The standard InChI is InChI=1S/C24H24F3N3O2/c1-5-6-13-30-21(31)15(20(24(25,26)27)16(14-28)22(30)32)11-12-19-23(2,3)17-9-7-8-10-18(17)29(19)4/h7-12H,5-6,13H2,1-4H3/b15-11-,19-12+. The molecule has 0 spiro atoms. The molecule has 5 nitrogen and oxygen atoms in total. The summed E-state index contributed by atoms with van der Waals surface area (Å²) in [6.45, 7) is 5.68. The minimum Gasteiger partial charge on any atom is -0.347 e. The third-order valence-corrected chi connectivity index (χ3v) is 5.93. The van der Waals surface area contributed by atoms with Crippen LogP contribution in [-0.4, -0.2) is 36.5 Å². The quantitative estimate of drug-likeness (QED) is 0.497.